The van der Waals surface area contributed by atoms with E-state index in [1.165, 1.54) is 6.07 Å². The molecule has 0 bridgehead atoms. The zero-order valence-corrected chi connectivity index (χ0v) is 13.4. The van der Waals surface area contributed by atoms with Crippen LogP contribution in [-0.2, 0) is 6.54 Å². The normalized spacial score (nSPS) is 11.5. The molecule has 0 aliphatic heterocycles. The molecule has 17 heavy (non-hydrogen) atoms. The molecule has 0 spiro atoms. The van der Waals surface area contributed by atoms with Gasteiger partial charge in [-0.3, -0.25) is 4.90 Å². The van der Waals surface area contributed by atoms with Gasteiger partial charge in [0.05, 0.1) is 0 Å². The molecule has 4 heteroatoms. The second-order valence-electron chi connectivity index (χ2n) is 4.34. The van der Waals surface area contributed by atoms with Crippen molar-refractivity contribution in [3.8, 4) is 0 Å². The molecular weight excluding hydrogens is 349 g/mol. The van der Waals surface area contributed by atoms with Gasteiger partial charge in [-0.1, -0.05) is 31.9 Å². The summed E-state index contributed by atoms with van der Waals surface area (Å²) < 4.78 is 14.6. The minimum absolute atomic E-state index is 0.127. The number of alkyl halides is 1. The quantitative estimate of drug-likeness (QED) is 0.666. The summed E-state index contributed by atoms with van der Waals surface area (Å²) in [6, 6.07) is 5.53. The van der Waals surface area contributed by atoms with Crippen molar-refractivity contribution in [1.29, 1.82) is 0 Å². The first-order chi connectivity index (χ1) is 8.04. The van der Waals surface area contributed by atoms with Crippen LogP contribution in [0.2, 0.25) is 0 Å². The van der Waals surface area contributed by atoms with Crippen molar-refractivity contribution in [3.63, 3.8) is 0 Å². The van der Waals surface area contributed by atoms with E-state index in [1.54, 1.807) is 6.07 Å². The SMILES string of the molecule is CC(C)N(CCCBr)Cc1cc(Br)ccc1F. The van der Waals surface area contributed by atoms with Crippen molar-refractivity contribution in [3.05, 3.63) is 34.1 Å². The number of benzene rings is 1. The number of halogens is 3. The van der Waals surface area contributed by atoms with Crippen molar-refractivity contribution < 1.29 is 4.39 Å². The van der Waals surface area contributed by atoms with Gasteiger partial charge in [-0.15, -0.1) is 0 Å². The fraction of sp³-hybridized carbons (Fsp3) is 0.538. The molecule has 1 nitrogen and oxygen atoms in total. The van der Waals surface area contributed by atoms with Crippen LogP contribution < -0.4 is 0 Å². The zero-order valence-electron chi connectivity index (χ0n) is 10.2. The van der Waals surface area contributed by atoms with Gasteiger partial charge in [-0.2, -0.15) is 0 Å². The number of hydrogen-bond acceptors (Lipinski definition) is 1. The molecule has 0 saturated heterocycles. The molecule has 96 valence electrons. The zero-order chi connectivity index (χ0) is 12.8. The molecule has 0 aliphatic carbocycles. The van der Waals surface area contributed by atoms with Crippen LogP contribution in [0.25, 0.3) is 0 Å². The Morgan fingerprint density at radius 1 is 1.35 bits per heavy atom. The predicted octanol–water partition coefficient (Wildman–Crippen LogP) is 4.58. The van der Waals surface area contributed by atoms with E-state index >= 15 is 0 Å². The Kier molecular flexibility index (Phi) is 6.67. The Balaban J connectivity index is 2.74. The molecule has 1 aromatic rings. The number of hydrogen-bond donors (Lipinski definition) is 0. The maximum atomic E-state index is 13.7. The molecule has 0 unspecified atom stereocenters. The highest BCUT2D eigenvalue weighted by Crippen LogP contribution is 2.18. The first-order valence-electron chi connectivity index (χ1n) is 5.78. The van der Waals surface area contributed by atoms with Crippen molar-refractivity contribution in [1.82, 2.24) is 4.90 Å². The molecule has 1 aromatic carbocycles. The highest BCUT2D eigenvalue weighted by Gasteiger charge is 2.12. The molecule has 0 radical (unpaired) electrons. The van der Waals surface area contributed by atoms with Crippen LogP contribution in [0.5, 0.6) is 0 Å². The van der Waals surface area contributed by atoms with E-state index < -0.39 is 0 Å². The standard InChI is InChI=1S/C13H18Br2FN/c1-10(2)17(7-3-6-14)9-11-8-12(15)4-5-13(11)16/h4-5,8,10H,3,6-7,9H2,1-2H3. The molecule has 0 amide bonds. The van der Waals surface area contributed by atoms with Crippen LogP contribution in [0.1, 0.15) is 25.8 Å². The van der Waals surface area contributed by atoms with Gasteiger partial charge in [0, 0.05) is 28.0 Å². The van der Waals surface area contributed by atoms with E-state index in [4.69, 9.17) is 0 Å². The first-order valence-corrected chi connectivity index (χ1v) is 7.70. The smallest absolute Gasteiger partial charge is 0.127 e. The highest BCUT2D eigenvalue weighted by atomic mass is 79.9. The van der Waals surface area contributed by atoms with Crippen molar-refractivity contribution in [2.24, 2.45) is 0 Å². The van der Waals surface area contributed by atoms with Crippen molar-refractivity contribution in [2.75, 3.05) is 11.9 Å². The van der Waals surface area contributed by atoms with E-state index in [0.29, 0.717) is 12.6 Å². The van der Waals surface area contributed by atoms with Crippen LogP contribution in [-0.4, -0.2) is 22.8 Å². The lowest BCUT2D eigenvalue weighted by molar-refractivity contribution is 0.211. The summed E-state index contributed by atoms with van der Waals surface area (Å²) in [4.78, 5) is 2.28. The summed E-state index contributed by atoms with van der Waals surface area (Å²) in [7, 11) is 0. The van der Waals surface area contributed by atoms with Crippen LogP contribution in [0.4, 0.5) is 4.39 Å². The second kappa shape index (κ2) is 7.49. The number of nitrogens with zero attached hydrogens (tertiary/aromatic N) is 1. The summed E-state index contributed by atoms with van der Waals surface area (Å²) in [5.74, 6) is -0.127. The van der Waals surface area contributed by atoms with Gasteiger partial charge < -0.3 is 0 Å². The van der Waals surface area contributed by atoms with E-state index in [1.807, 2.05) is 6.07 Å². The fourth-order valence-electron chi connectivity index (χ4n) is 1.67. The van der Waals surface area contributed by atoms with Crippen LogP contribution >= 0.6 is 31.9 Å². The molecule has 0 aromatic heterocycles. The van der Waals surface area contributed by atoms with Gasteiger partial charge in [0.1, 0.15) is 5.82 Å². The summed E-state index contributed by atoms with van der Waals surface area (Å²) in [5, 5.41) is 0.983. The summed E-state index contributed by atoms with van der Waals surface area (Å²) in [6.45, 7) is 5.93. The molecule has 0 atom stereocenters. The van der Waals surface area contributed by atoms with Crippen LogP contribution in [0, 0.1) is 5.82 Å². The van der Waals surface area contributed by atoms with Gasteiger partial charge in [0.25, 0.3) is 0 Å². The maximum Gasteiger partial charge on any atom is 0.127 e. The molecule has 0 fully saturated rings. The first kappa shape index (κ1) is 15.1. The van der Waals surface area contributed by atoms with Gasteiger partial charge in [0.15, 0.2) is 0 Å². The lowest BCUT2D eigenvalue weighted by Crippen LogP contribution is -2.31. The largest absolute Gasteiger partial charge is 0.297 e. The average Bonchev–Trinajstić information content (AvgIpc) is 2.28. The monoisotopic (exact) mass is 365 g/mol. The van der Waals surface area contributed by atoms with Gasteiger partial charge >= 0.3 is 0 Å². The van der Waals surface area contributed by atoms with E-state index in [-0.39, 0.29) is 5.82 Å². The Morgan fingerprint density at radius 2 is 2.06 bits per heavy atom. The lowest BCUT2D eigenvalue weighted by Gasteiger charge is -2.26. The highest BCUT2D eigenvalue weighted by molar-refractivity contribution is 9.10. The average molecular weight is 367 g/mol. The van der Waals surface area contributed by atoms with Crippen molar-refractivity contribution in [2.45, 2.75) is 32.9 Å². The van der Waals surface area contributed by atoms with Gasteiger partial charge in [-0.25, -0.2) is 4.39 Å². The summed E-state index contributed by atoms with van der Waals surface area (Å²) in [5.41, 5.74) is 0.752. The van der Waals surface area contributed by atoms with Crippen LogP contribution in [0.3, 0.4) is 0 Å². The van der Waals surface area contributed by atoms with Gasteiger partial charge in [-0.05, 0) is 45.0 Å². The molecule has 1 rings (SSSR count). The number of rotatable bonds is 6. The Labute approximate surface area is 120 Å². The third kappa shape index (κ3) is 5.06. The Hall–Kier alpha value is 0.0700. The van der Waals surface area contributed by atoms with Gasteiger partial charge in [0.2, 0.25) is 0 Å². The Bertz CT molecular complexity index is 355. The lowest BCUT2D eigenvalue weighted by atomic mass is 10.1. The van der Waals surface area contributed by atoms with E-state index in [0.717, 1.165) is 28.3 Å². The third-order valence-electron chi connectivity index (χ3n) is 2.69. The summed E-state index contributed by atoms with van der Waals surface area (Å²) in [6.07, 6.45) is 1.08. The maximum absolute atomic E-state index is 13.7. The van der Waals surface area contributed by atoms with E-state index in [2.05, 4.69) is 50.6 Å². The Morgan fingerprint density at radius 3 is 2.65 bits per heavy atom. The second-order valence-corrected chi connectivity index (χ2v) is 6.05. The van der Waals surface area contributed by atoms with E-state index in [9.17, 15) is 4.39 Å². The third-order valence-corrected chi connectivity index (χ3v) is 3.74. The summed E-state index contributed by atoms with van der Waals surface area (Å²) >= 11 is 6.81. The van der Waals surface area contributed by atoms with Crippen LogP contribution in [0.15, 0.2) is 22.7 Å². The predicted molar refractivity (Wildman–Crippen MR) is 78.1 cm³/mol. The molecule has 0 N–H and O–H groups in total. The minimum Gasteiger partial charge on any atom is -0.297 e. The molecule has 0 heterocycles. The van der Waals surface area contributed by atoms with Crippen molar-refractivity contribution >= 4 is 31.9 Å². The minimum atomic E-state index is -0.127. The molecule has 0 aliphatic rings. The fourth-order valence-corrected chi connectivity index (χ4v) is 2.33. The topological polar surface area (TPSA) is 3.24 Å². The molecular formula is C13H18Br2FN. The molecule has 0 saturated carbocycles.